The summed E-state index contributed by atoms with van der Waals surface area (Å²) in [6.07, 6.45) is 4.57. The van der Waals surface area contributed by atoms with Gasteiger partial charge in [0.2, 0.25) is 5.91 Å². The van der Waals surface area contributed by atoms with Gasteiger partial charge in [-0.05, 0) is 61.4 Å². The fraction of sp³-hybridized carbons (Fsp3) is 0.417. The van der Waals surface area contributed by atoms with Gasteiger partial charge < -0.3 is 10.2 Å². The van der Waals surface area contributed by atoms with Crippen LogP contribution in [-0.2, 0) is 18.3 Å². The zero-order chi connectivity index (χ0) is 21.4. The van der Waals surface area contributed by atoms with Crippen LogP contribution in [0.15, 0.2) is 42.5 Å². The lowest BCUT2D eigenvalue weighted by molar-refractivity contribution is -0.127. The lowest BCUT2D eigenvalue weighted by atomic mass is 9.87. The monoisotopic (exact) mass is 417 g/mol. The highest BCUT2D eigenvalue weighted by Crippen LogP contribution is 2.30. The molecule has 0 bridgehead atoms. The fourth-order valence-electron chi connectivity index (χ4n) is 4.89. The number of hydrogen-bond donors (Lipinski definition) is 1. The maximum atomic E-state index is 13.0. The number of aryl methyl sites for hydroxylation is 2. The first-order valence-electron chi connectivity index (χ1n) is 11.1. The molecule has 1 atom stereocenters. The number of benzene rings is 2. The fourth-order valence-corrected chi connectivity index (χ4v) is 4.89. The van der Waals surface area contributed by atoms with Crippen LogP contribution in [0.3, 0.4) is 0 Å². The molecule has 7 nitrogen and oxygen atoms in total. The maximum absolute atomic E-state index is 13.0. The molecule has 2 aromatic carbocycles. The van der Waals surface area contributed by atoms with E-state index in [1.165, 1.54) is 11.1 Å². The topological polar surface area (TPSA) is 80.1 Å². The van der Waals surface area contributed by atoms with E-state index in [4.69, 9.17) is 0 Å². The number of nitrogens with zero attached hydrogens (tertiary/aromatic N) is 4. The molecule has 0 radical (unpaired) electrons. The summed E-state index contributed by atoms with van der Waals surface area (Å²) in [6.45, 7) is 1.19. The van der Waals surface area contributed by atoms with E-state index in [1.54, 1.807) is 10.7 Å². The van der Waals surface area contributed by atoms with Crippen LogP contribution in [0, 0.1) is 5.92 Å². The normalized spacial score (nSPS) is 19.3. The molecular formula is C24H27N5O2. The van der Waals surface area contributed by atoms with Gasteiger partial charge in [-0.3, -0.25) is 9.59 Å². The van der Waals surface area contributed by atoms with E-state index in [-0.39, 0.29) is 23.8 Å². The molecule has 1 N–H and O–H groups in total. The molecule has 1 aliphatic heterocycles. The zero-order valence-corrected chi connectivity index (χ0v) is 17.8. The lowest BCUT2D eigenvalue weighted by Gasteiger charge is -2.33. The van der Waals surface area contributed by atoms with Crippen LogP contribution in [0.25, 0.3) is 11.0 Å². The molecule has 2 heterocycles. The van der Waals surface area contributed by atoms with Crippen molar-refractivity contribution in [1.82, 2.24) is 25.2 Å². The number of likely N-dealkylation sites (tertiary alicyclic amines) is 1. The highest BCUT2D eigenvalue weighted by molar-refractivity contribution is 5.97. The van der Waals surface area contributed by atoms with Crippen molar-refractivity contribution >= 4 is 22.8 Å². The number of carbonyl (C=O) groups excluding carboxylic acids is 2. The summed E-state index contributed by atoms with van der Waals surface area (Å²) in [4.78, 5) is 27.7. The van der Waals surface area contributed by atoms with E-state index in [9.17, 15) is 9.59 Å². The Balaban J connectivity index is 1.20. The molecule has 2 amide bonds. The molecule has 31 heavy (non-hydrogen) atoms. The summed E-state index contributed by atoms with van der Waals surface area (Å²) in [5, 5.41) is 11.4. The largest absolute Gasteiger partial charge is 0.349 e. The van der Waals surface area contributed by atoms with Crippen molar-refractivity contribution in [3.05, 3.63) is 59.2 Å². The molecule has 7 heteroatoms. The van der Waals surface area contributed by atoms with Gasteiger partial charge in [0.05, 0.1) is 11.6 Å². The van der Waals surface area contributed by atoms with Gasteiger partial charge in [-0.25, -0.2) is 4.68 Å². The van der Waals surface area contributed by atoms with E-state index < -0.39 is 0 Å². The van der Waals surface area contributed by atoms with Gasteiger partial charge in [-0.15, -0.1) is 5.10 Å². The summed E-state index contributed by atoms with van der Waals surface area (Å²) in [5.41, 5.74) is 4.84. The van der Waals surface area contributed by atoms with Crippen LogP contribution in [0.4, 0.5) is 0 Å². The van der Waals surface area contributed by atoms with Gasteiger partial charge in [0, 0.05) is 31.6 Å². The van der Waals surface area contributed by atoms with Crippen molar-refractivity contribution < 1.29 is 9.59 Å². The predicted molar refractivity (Wildman–Crippen MR) is 117 cm³/mol. The lowest BCUT2D eigenvalue weighted by Crippen LogP contribution is -2.44. The third-order valence-electron chi connectivity index (χ3n) is 6.70. The van der Waals surface area contributed by atoms with Crippen LogP contribution in [0.5, 0.6) is 0 Å². The highest BCUT2D eigenvalue weighted by Gasteiger charge is 2.30. The highest BCUT2D eigenvalue weighted by atomic mass is 16.2. The number of carbonyl (C=O) groups is 2. The van der Waals surface area contributed by atoms with Crippen LogP contribution < -0.4 is 5.32 Å². The van der Waals surface area contributed by atoms with Crippen molar-refractivity contribution in [2.24, 2.45) is 13.0 Å². The van der Waals surface area contributed by atoms with Gasteiger partial charge >= 0.3 is 0 Å². The Morgan fingerprint density at radius 1 is 1.06 bits per heavy atom. The Kier molecular flexibility index (Phi) is 5.18. The average Bonchev–Trinajstić information content (AvgIpc) is 3.19. The summed E-state index contributed by atoms with van der Waals surface area (Å²) in [5.74, 6) is 0.0722. The Morgan fingerprint density at radius 2 is 1.87 bits per heavy atom. The van der Waals surface area contributed by atoms with Crippen molar-refractivity contribution in [2.75, 3.05) is 13.1 Å². The van der Waals surface area contributed by atoms with Gasteiger partial charge in [-0.1, -0.05) is 29.5 Å². The maximum Gasteiger partial charge on any atom is 0.253 e. The molecule has 1 fully saturated rings. The third kappa shape index (κ3) is 3.80. The molecular weight excluding hydrogens is 390 g/mol. The Morgan fingerprint density at radius 3 is 2.71 bits per heavy atom. The van der Waals surface area contributed by atoms with E-state index in [2.05, 4.69) is 33.8 Å². The quantitative estimate of drug-likeness (QED) is 0.710. The Bertz CT molecular complexity index is 1130. The molecule has 1 saturated heterocycles. The summed E-state index contributed by atoms with van der Waals surface area (Å²) in [6, 6.07) is 14.0. The van der Waals surface area contributed by atoms with Crippen LogP contribution in [0.2, 0.25) is 0 Å². The summed E-state index contributed by atoms with van der Waals surface area (Å²) in [7, 11) is 1.83. The van der Waals surface area contributed by atoms with Crippen molar-refractivity contribution in [3.63, 3.8) is 0 Å². The average molecular weight is 418 g/mol. The molecule has 1 aliphatic carbocycles. The molecule has 2 aliphatic rings. The number of piperidine rings is 1. The molecule has 5 rings (SSSR count). The number of aromatic nitrogens is 3. The first-order chi connectivity index (χ1) is 15.1. The first-order valence-corrected chi connectivity index (χ1v) is 11.1. The van der Waals surface area contributed by atoms with E-state index in [0.717, 1.165) is 30.3 Å². The van der Waals surface area contributed by atoms with Crippen molar-refractivity contribution in [2.45, 2.75) is 38.1 Å². The van der Waals surface area contributed by atoms with Crippen LogP contribution in [0.1, 0.15) is 53.2 Å². The molecule has 0 spiro atoms. The van der Waals surface area contributed by atoms with Crippen LogP contribution >= 0.6 is 0 Å². The van der Waals surface area contributed by atoms with Gasteiger partial charge in [-0.2, -0.15) is 0 Å². The SMILES string of the molecule is Cn1nnc2cc(C(=O)N3CCC(C(=O)N[C@H]4CCCc5ccccc54)CC3)ccc21. The Labute approximate surface area is 181 Å². The number of rotatable bonds is 3. The van der Waals surface area contributed by atoms with E-state index >= 15 is 0 Å². The second kappa shape index (κ2) is 8.13. The number of nitrogens with one attached hydrogen (secondary N) is 1. The second-order valence-corrected chi connectivity index (χ2v) is 8.64. The van der Waals surface area contributed by atoms with Gasteiger partial charge in [0.15, 0.2) is 0 Å². The molecule has 0 unspecified atom stereocenters. The van der Waals surface area contributed by atoms with Gasteiger partial charge in [0.25, 0.3) is 5.91 Å². The van der Waals surface area contributed by atoms with E-state index in [1.807, 2.05) is 30.1 Å². The first kappa shape index (κ1) is 19.7. The number of fused-ring (bicyclic) bond motifs is 2. The third-order valence-corrected chi connectivity index (χ3v) is 6.70. The number of amides is 2. The molecule has 3 aromatic rings. The molecule has 1 aromatic heterocycles. The summed E-state index contributed by atoms with van der Waals surface area (Å²) >= 11 is 0. The standard InChI is InChI=1S/C24H27N5O2/c1-28-22-10-9-18(15-21(22)26-27-28)24(31)29-13-11-17(12-14-29)23(30)25-20-8-4-6-16-5-2-3-7-19(16)20/h2-3,5,7,9-10,15,17,20H,4,6,8,11-14H2,1H3,(H,25,30)/t20-/m0/s1. The minimum absolute atomic E-state index is 0.00683. The van der Waals surface area contributed by atoms with Gasteiger partial charge in [0.1, 0.15) is 5.52 Å². The minimum atomic E-state index is -0.0411. The van der Waals surface area contributed by atoms with Crippen LogP contribution in [-0.4, -0.2) is 44.8 Å². The molecule has 0 saturated carbocycles. The second-order valence-electron chi connectivity index (χ2n) is 8.64. The summed E-state index contributed by atoms with van der Waals surface area (Å²) < 4.78 is 1.69. The predicted octanol–water partition coefficient (Wildman–Crippen LogP) is 3.01. The van der Waals surface area contributed by atoms with Crippen molar-refractivity contribution in [3.8, 4) is 0 Å². The smallest absolute Gasteiger partial charge is 0.253 e. The van der Waals surface area contributed by atoms with E-state index in [0.29, 0.717) is 31.5 Å². The van der Waals surface area contributed by atoms with Crippen molar-refractivity contribution in [1.29, 1.82) is 0 Å². The minimum Gasteiger partial charge on any atom is -0.349 e. The Hall–Kier alpha value is -3.22. The number of hydrogen-bond acceptors (Lipinski definition) is 4. The zero-order valence-electron chi connectivity index (χ0n) is 17.8. The molecule has 160 valence electrons.